The van der Waals surface area contributed by atoms with Gasteiger partial charge in [-0.1, -0.05) is 25.0 Å². The Morgan fingerprint density at radius 2 is 2.14 bits per heavy atom. The van der Waals surface area contributed by atoms with Crippen molar-refractivity contribution in [2.75, 3.05) is 5.32 Å². The van der Waals surface area contributed by atoms with Gasteiger partial charge in [-0.25, -0.2) is 0 Å². The van der Waals surface area contributed by atoms with E-state index in [2.05, 4.69) is 10.4 Å². The Morgan fingerprint density at radius 1 is 1.36 bits per heavy atom. The minimum absolute atomic E-state index is 0.0422. The van der Waals surface area contributed by atoms with E-state index >= 15 is 0 Å². The van der Waals surface area contributed by atoms with E-state index in [4.69, 9.17) is 0 Å². The summed E-state index contributed by atoms with van der Waals surface area (Å²) in [5, 5.41) is 16.5. The average molecular weight is 299 g/mol. The molecule has 5 heteroatoms. The van der Waals surface area contributed by atoms with Gasteiger partial charge in [0.2, 0.25) is 0 Å². The largest absolute Gasteiger partial charge is 0.392 e. The number of anilines is 1. The zero-order chi connectivity index (χ0) is 15.5. The maximum atomic E-state index is 12.3. The van der Waals surface area contributed by atoms with Crippen molar-refractivity contribution in [1.29, 1.82) is 0 Å². The Kier molecular flexibility index (Phi) is 4.24. The lowest BCUT2D eigenvalue weighted by Crippen LogP contribution is -2.15. The number of carbonyl (C=O) groups is 1. The molecule has 116 valence electrons. The molecule has 0 bridgehead atoms. The van der Waals surface area contributed by atoms with E-state index in [1.807, 2.05) is 29.9 Å². The van der Waals surface area contributed by atoms with Crippen LogP contribution in [-0.4, -0.2) is 20.8 Å². The molecule has 0 spiro atoms. The predicted molar refractivity (Wildman–Crippen MR) is 84.8 cm³/mol. The fourth-order valence-corrected chi connectivity index (χ4v) is 2.92. The van der Waals surface area contributed by atoms with Crippen molar-refractivity contribution in [2.24, 2.45) is 0 Å². The molecule has 0 aliphatic heterocycles. The number of hydrogen-bond acceptors (Lipinski definition) is 3. The summed E-state index contributed by atoms with van der Waals surface area (Å²) in [5.74, 6) is -0.213. The summed E-state index contributed by atoms with van der Waals surface area (Å²) in [6, 6.07) is 7.72. The molecule has 0 saturated heterocycles. The van der Waals surface area contributed by atoms with Gasteiger partial charge in [-0.05, 0) is 43.0 Å². The number of aliphatic hydroxyl groups is 1. The van der Waals surface area contributed by atoms with E-state index in [0.717, 1.165) is 24.0 Å². The highest BCUT2D eigenvalue weighted by molar-refractivity contribution is 6.03. The fraction of sp³-hybridized carbons (Fsp3) is 0.412. The quantitative estimate of drug-likeness (QED) is 0.912. The number of aliphatic hydroxyl groups excluding tert-OH is 1. The van der Waals surface area contributed by atoms with Gasteiger partial charge in [0, 0.05) is 11.9 Å². The second-order valence-corrected chi connectivity index (χ2v) is 5.88. The maximum Gasteiger partial charge on any atom is 0.276 e. The molecular weight excluding hydrogens is 278 g/mol. The van der Waals surface area contributed by atoms with Gasteiger partial charge in [0.05, 0.1) is 12.6 Å². The van der Waals surface area contributed by atoms with Crippen LogP contribution >= 0.6 is 0 Å². The number of carbonyl (C=O) groups excluding carboxylic acids is 1. The predicted octanol–water partition coefficient (Wildman–Crippen LogP) is 3.05. The van der Waals surface area contributed by atoms with Crippen LogP contribution in [0.2, 0.25) is 0 Å². The minimum atomic E-state index is -0.213. The van der Waals surface area contributed by atoms with Crippen LogP contribution in [0.1, 0.15) is 53.3 Å². The monoisotopic (exact) mass is 299 g/mol. The molecule has 1 aromatic heterocycles. The molecule has 1 amide bonds. The van der Waals surface area contributed by atoms with Crippen LogP contribution in [0.4, 0.5) is 5.69 Å². The Bertz CT molecular complexity index is 672. The van der Waals surface area contributed by atoms with Gasteiger partial charge in [-0.3, -0.25) is 9.48 Å². The molecule has 1 aliphatic carbocycles. The average Bonchev–Trinajstić information content (AvgIpc) is 3.20. The van der Waals surface area contributed by atoms with Crippen LogP contribution < -0.4 is 5.32 Å². The number of rotatable bonds is 4. The second-order valence-electron chi connectivity index (χ2n) is 5.88. The van der Waals surface area contributed by atoms with Crippen LogP contribution in [0.5, 0.6) is 0 Å². The molecule has 22 heavy (non-hydrogen) atoms. The van der Waals surface area contributed by atoms with Crippen molar-refractivity contribution in [3.8, 4) is 0 Å². The van der Waals surface area contributed by atoms with Gasteiger partial charge in [-0.2, -0.15) is 5.10 Å². The van der Waals surface area contributed by atoms with Gasteiger partial charge in [-0.15, -0.1) is 0 Å². The highest BCUT2D eigenvalue weighted by Crippen LogP contribution is 2.28. The summed E-state index contributed by atoms with van der Waals surface area (Å²) in [7, 11) is 0. The number of aromatic nitrogens is 2. The van der Waals surface area contributed by atoms with Crippen molar-refractivity contribution in [3.05, 3.63) is 47.3 Å². The van der Waals surface area contributed by atoms with Gasteiger partial charge < -0.3 is 10.4 Å². The number of benzene rings is 1. The first kappa shape index (κ1) is 14.8. The van der Waals surface area contributed by atoms with Gasteiger partial charge >= 0.3 is 0 Å². The number of amides is 1. The summed E-state index contributed by atoms with van der Waals surface area (Å²) in [4.78, 5) is 12.3. The third-order valence-corrected chi connectivity index (χ3v) is 4.27. The van der Waals surface area contributed by atoms with Crippen LogP contribution in [0.3, 0.4) is 0 Å². The molecule has 1 fully saturated rings. The molecule has 3 rings (SSSR count). The maximum absolute atomic E-state index is 12.3. The van der Waals surface area contributed by atoms with E-state index in [1.54, 1.807) is 12.1 Å². The summed E-state index contributed by atoms with van der Waals surface area (Å²) in [6.45, 7) is 1.88. The van der Waals surface area contributed by atoms with Crippen LogP contribution in [0.25, 0.3) is 0 Å². The first-order chi connectivity index (χ1) is 10.7. The number of hydrogen-bond donors (Lipinski definition) is 2. The Morgan fingerprint density at radius 3 is 2.86 bits per heavy atom. The Hall–Kier alpha value is -2.14. The molecule has 0 radical (unpaired) electrons. The molecular formula is C17H21N3O2. The van der Waals surface area contributed by atoms with E-state index in [0.29, 0.717) is 17.4 Å². The molecule has 0 atom stereocenters. The number of nitrogens with zero attached hydrogens (tertiary/aromatic N) is 2. The van der Waals surface area contributed by atoms with Crippen molar-refractivity contribution in [1.82, 2.24) is 9.78 Å². The number of nitrogens with one attached hydrogen (secondary N) is 1. The molecule has 1 saturated carbocycles. The zero-order valence-corrected chi connectivity index (χ0v) is 12.7. The lowest BCUT2D eigenvalue weighted by Gasteiger charge is -2.10. The Balaban J connectivity index is 1.74. The lowest BCUT2D eigenvalue weighted by atomic mass is 10.1. The third kappa shape index (κ3) is 3.04. The number of aryl methyl sites for hydroxylation is 1. The summed E-state index contributed by atoms with van der Waals surface area (Å²) in [6.07, 6.45) is 6.64. The van der Waals surface area contributed by atoms with Crippen LogP contribution in [0, 0.1) is 6.92 Å². The normalized spacial score (nSPS) is 15.2. The van der Waals surface area contributed by atoms with E-state index in [1.165, 1.54) is 12.8 Å². The van der Waals surface area contributed by atoms with Crippen LogP contribution in [-0.2, 0) is 6.61 Å². The molecule has 2 N–H and O–H groups in total. The van der Waals surface area contributed by atoms with Crippen molar-refractivity contribution < 1.29 is 9.90 Å². The molecule has 1 aliphatic rings. The summed E-state index contributed by atoms with van der Waals surface area (Å²) >= 11 is 0. The molecule has 2 aromatic rings. The van der Waals surface area contributed by atoms with E-state index in [-0.39, 0.29) is 12.5 Å². The van der Waals surface area contributed by atoms with Gasteiger partial charge in [0.25, 0.3) is 5.91 Å². The van der Waals surface area contributed by atoms with E-state index in [9.17, 15) is 9.90 Å². The smallest absolute Gasteiger partial charge is 0.276 e. The minimum Gasteiger partial charge on any atom is -0.392 e. The zero-order valence-electron chi connectivity index (χ0n) is 12.7. The molecule has 1 heterocycles. The third-order valence-electron chi connectivity index (χ3n) is 4.27. The van der Waals surface area contributed by atoms with Gasteiger partial charge in [0.15, 0.2) is 5.69 Å². The fourth-order valence-electron chi connectivity index (χ4n) is 2.92. The highest BCUT2D eigenvalue weighted by Gasteiger charge is 2.19. The molecule has 0 unspecified atom stereocenters. The standard InChI is InChI=1S/C17H21N3O2/c1-12-6-7-13(11-21)10-16(12)18-17(22)15-8-9-20(19-15)14-4-2-3-5-14/h6-10,14,21H,2-5,11H2,1H3,(H,18,22). The second kappa shape index (κ2) is 6.32. The van der Waals surface area contributed by atoms with Crippen molar-refractivity contribution in [3.63, 3.8) is 0 Å². The highest BCUT2D eigenvalue weighted by atomic mass is 16.3. The summed E-state index contributed by atoms with van der Waals surface area (Å²) < 4.78 is 1.92. The lowest BCUT2D eigenvalue weighted by molar-refractivity contribution is 0.102. The first-order valence-electron chi connectivity index (χ1n) is 7.74. The van der Waals surface area contributed by atoms with Gasteiger partial charge in [0.1, 0.15) is 0 Å². The topological polar surface area (TPSA) is 67.2 Å². The first-order valence-corrected chi connectivity index (χ1v) is 7.74. The SMILES string of the molecule is Cc1ccc(CO)cc1NC(=O)c1ccn(C2CCCC2)n1. The van der Waals surface area contributed by atoms with Crippen molar-refractivity contribution in [2.45, 2.75) is 45.3 Å². The van der Waals surface area contributed by atoms with Crippen LogP contribution in [0.15, 0.2) is 30.5 Å². The Labute approximate surface area is 130 Å². The van der Waals surface area contributed by atoms with Crippen molar-refractivity contribution >= 4 is 11.6 Å². The molecule has 5 nitrogen and oxygen atoms in total. The van der Waals surface area contributed by atoms with E-state index < -0.39 is 0 Å². The summed E-state index contributed by atoms with van der Waals surface area (Å²) in [5.41, 5.74) is 2.88. The molecule has 1 aromatic carbocycles.